The normalized spacial score (nSPS) is 16.5. The van der Waals surface area contributed by atoms with Gasteiger partial charge in [0.25, 0.3) is 10.7 Å². The number of hydrogen-bond donors (Lipinski definition) is 0. The molecule has 33 heavy (non-hydrogen) atoms. The van der Waals surface area contributed by atoms with Gasteiger partial charge in [-0.05, 0) is 49.0 Å². The maximum absolute atomic E-state index is 13.1. The smallest absolute Gasteiger partial charge is 0.288 e. The van der Waals surface area contributed by atoms with Crippen molar-refractivity contribution >= 4 is 22.2 Å². The van der Waals surface area contributed by atoms with Crippen LogP contribution in [0.2, 0.25) is 0 Å². The summed E-state index contributed by atoms with van der Waals surface area (Å²) in [5.74, 6) is 0.461. The molecule has 1 atom stereocenters. The van der Waals surface area contributed by atoms with E-state index >= 15 is 0 Å². The molecule has 11 heteroatoms. The SMILES string of the molecule is C[C@@H](Oc1ccc(F)cc1)c1nn(CN2CCN(S(=O)(=O)Cc3ccccc3)CC2)c(=S)o1. The molecule has 0 spiro atoms. The van der Waals surface area contributed by atoms with E-state index in [-0.39, 0.29) is 16.4 Å². The van der Waals surface area contributed by atoms with Crippen molar-refractivity contribution in [3.63, 3.8) is 0 Å². The first-order valence-electron chi connectivity index (χ1n) is 10.5. The van der Waals surface area contributed by atoms with E-state index in [1.807, 2.05) is 30.3 Å². The van der Waals surface area contributed by atoms with Crippen LogP contribution in [0, 0.1) is 10.7 Å². The lowest BCUT2D eigenvalue weighted by molar-refractivity contribution is 0.143. The first-order valence-corrected chi connectivity index (χ1v) is 12.6. The summed E-state index contributed by atoms with van der Waals surface area (Å²) in [6.07, 6.45) is -0.515. The molecule has 1 aliphatic rings. The fourth-order valence-corrected chi connectivity index (χ4v) is 5.26. The van der Waals surface area contributed by atoms with Crippen molar-refractivity contribution in [1.29, 1.82) is 0 Å². The maximum atomic E-state index is 13.1. The molecule has 0 bridgehead atoms. The molecule has 0 aliphatic carbocycles. The van der Waals surface area contributed by atoms with Gasteiger partial charge in [0.1, 0.15) is 11.6 Å². The molecule has 0 N–H and O–H groups in total. The quantitative estimate of drug-likeness (QED) is 0.445. The molecule has 3 aromatic rings. The zero-order chi connectivity index (χ0) is 23.4. The molecule has 0 amide bonds. The molecule has 176 valence electrons. The van der Waals surface area contributed by atoms with E-state index in [9.17, 15) is 12.8 Å². The molecule has 1 aliphatic heterocycles. The topological polar surface area (TPSA) is 80.8 Å². The number of benzene rings is 2. The predicted octanol–water partition coefficient (Wildman–Crippen LogP) is 3.59. The van der Waals surface area contributed by atoms with E-state index in [0.29, 0.717) is 44.5 Å². The first kappa shape index (κ1) is 23.6. The van der Waals surface area contributed by atoms with Gasteiger partial charge in [-0.3, -0.25) is 4.90 Å². The Kier molecular flexibility index (Phi) is 7.23. The Morgan fingerprint density at radius 3 is 2.42 bits per heavy atom. The minimum Gasteiger partial charge on any atom is -0.481 e. The van der Waals surface area contributed by atoms with Gasteiger partial charge in [0.15, 0.2) is 6.10 Å². The van der Waals surface area contributed by atoms with Gasteiger partial charge in [-0.15, -0.1) is 5.10 Å². The van der Waals surface area contributed by atoms with Gasteiger partial charge in [-0.1, -0.05) is 30.3 Å². The van der Waals surface area contributed by atoms with Crippen molar-refractivity contribution in [2.75, 3.05) is 26.2 Å². The molecule has 1 fully saturated rings. The van der Waals surface area contributed by atoms with Crippen molar-refractivity contribution in [3.8, 4) is 5.75 Å². The van der Waals surface area contributed by atoms with Crippen LogP contribution in [0.25, 0.3) is 0 Å². The van der Waals surface area contributed by atoms with Gasteiger partial charge >= 0.3 is 0 Å². The number of piperazine rings is 1. The van der Waals surface area contributed by atoms with Gasteiger partial charge in [-0.25, -0.2) is 17.5 Å². The van der Waals surface area contributed by atoms with Crippen LogP contribution in [0.5, 0.6) is 5.75 Å². The average Bonchev–Trinajstić information content (AvgIpc) is 3.16. The molecule has 2 heterocycles. The second-order valence-corrected chi connectivity index (χ2v) is 10.1. The Morgan fingerprint density at radius 1 is 1.09 bits per heavy atom. The van der Waals surface area contributed by atoms with Crippen molar-refractivity contribution in [2.45, 2.75) is 25.4 Å². The summed E-state index contributed by atoms with van der Waals surface area (Å²) in [6, 6.07) is 14.9. The molecule has 8 nitrogen and oxygen atoms in total. The van der Waals surface area contributed by atoms with Crippen molar-refractivity contribution < 1.29 is 22.0 Å². The van der Waals surface area contributed by atoms with Gasteiger partial charge < -0.3 is 9.15 Å². The highest BCUT2D eigenvalue weighted by molar-refractivity contribution is 7.88. The van der Waals surface area contributed by atoms with E-state index in [0.717, 1.165) is 5.56 Å². The fourth-order valence-electron chi connectivity index (χ4n) is 3.56. The number of hydrogen-bond acceptors (Lipinski definition) is 7. The number of sulfonamides is 1. The van der Waals surface area contributed by atoms with Crippen molar-refractivity contribution in [1.82, 2.24) is 19.0 Å². The Balaban J connectivity index is 1.33. The monoisotopic (exact) mass is 492 g/mol. The standard InChI is InChI=1S/C22H25FN4O4S2/c1-17(30-20-9-7-19(23)8-10-20)21-24-27(22(32)31-21)16-25-11-13-26(14-12-25)33(28,29)15-18-5-3-2-4-6-18/h2-10,17H,11-16H2,1H3/t17-/m1/s1. The molecule has 4 rings (SSSR count). The summed E-state index contributed by atoms with van der Waals surface area (Å²) < 4.78 is 53.0. The molecule has 2 aromatic carbocycles. The van der Waals surface area contributed by atoms with Gasteiger partial charge in [0.05, 0.1) is 12.4 Å². The van der Waals surface area contributed by atoms with Crippen LogP contribution in [0.4, 0.5) is 4.39 Å². The number of halogens is 1. The minimum atomic E-state index is -3.38. The van der Waals surface area contributed by atoms with Crippen molar-refractivity contribution in [3.05, 3.63) is 76.7 Å². The van der Waals surface area contributed by atoms with Gasteiger partial charge in [0, 0.05) is 26.2 Å². The summed E-state index contributed by atoms with van der Waals surface area (Å²) in [6.45, 7) is 4.07. The zero-order valence-corrected chi connectivity index (χ0v) is 19.8. The molecule has 1 saturated heterocycles. The third kappa shape index (κ3) is 6.05. The van der Waals surface area contributed by atoms with Gasteiger partial charge in [-0.2, -0.15) is 4.31 Å². The average molecular weight is 493 g/mol. The first-order chi connectivity index (χ1) is 15.8. The summed E-state index contributed by atoms with van der Waals surface area (Å²) in [5, 5.41) is 4.41. The minimum absolute atomic E-state index is 0.00249. The number of ether oxygens (including phenoxy) is 1. The Labute approximate surface area is 197 Å². The van der Waals surface area contributed by atoms with Crippen LogP contribution in [0.3, 0.4) is 0 Å². The second-order valence-electron chi connectivity index (χ2n) is 7.82. The maximum Gasteiger partial charge on any atom is 0.288 e. The molecule has 1 aromatic heterocycles. The Morgan fingerprint density at radius 2 is 1.76 bits per heavy atom. The molecular weight excluding hydrogens is 467 g/mol. The van der Waals surface area contributed by atoms with Crippen LogP contribution >= 0.6 is 12.2 Å². The predicted molar refractivity (Wildman–Crippen MR) is 123 cm³/mol. The van der Waals surface area contributed by atoms with E-state index < -0.39 is 16.1 Å². The largest absolute Gasteiger partial charge is 0.481 e. The van der Waals surface area contributed by atoms with Crippen LogP contribution in [-0.2, 0) is 22.4 Å². The summed E-state index contributed by atoms with van der Waals surface area (Å²) in [4.78, 5) is 2.28. The zero-order valence-electron chi connectivity index (χ0n) is 18.1. The van der Waals surface area contributed by atoms with Gasteiger partial charge in [0.2, 0.25) is 10.0 Å². The van der Waals surface area contributed by atoms with Crippen LogP contribution in [-0.4, -0.2) is 53.6 Å². The number of rotatable bonds is 8. The third-order valence-electron chi connectivity index (χ3n) is 5.35. The molecule has 0 saturated carbocycles. The van der Waals surface area contributed by atoms with Crippen LogP contribution in [0.1, 0.15) is 24.5 Å². The highest BCUT2D eigenvalue weighted by atomic mass is 32.2. The number of aromatic nitrogens is 2. The summed E-state index contributed by atoms with van der Waals surface area (Å²) in [5.41, 5.74) is 0.776. The lowest BCUT2D eigenvalue weighted by Crippen LogP contribution is -2.49. The summed E-state index contributed by atoms with van der Waals surface area (Å²) in [7, 11) is -3.38. The summed E-state index contributed by atoms with van der Waals surface area (Å²) >= 11 is 5.29. The van der Waals surface area contributed by atoms with E-state index in [4.69, 9.17) is 21.4 Å². The van der Waals surface area contributed by atoms with E-state index in [1.54, 1.807) is 11.6 Å². The number of nitrogens with zero attached hydrogens (tertiary/aromatic N) is 4. The Bertz CT molecular complexity index is 1220. The lowest BCUT2D eigenvalue weighted by atomic mass is 10.2. The van der Waals surface area contributed by atoms with Crippen LogP contribution in [0.15, 0.2) is 59.0 Å². The van der Waals surface area contributed by atoms with E-state index in [1.165, 1.54) is 28.6 Å². The molecular formula is C22H25FN4O4S2. The molecule has 0 unspecified atom stereocenters. The fraction of sp³-hybridized carbons (Fsp3) is 0.364. The highest BCUT2D eigenvalue weighted by Gasteiger charge is 2.27. The second kappa shape index (κ2) is 10.1. The van der Waals surface area contributed by atoms with Crippen molar-refractivity contribution in [2.24, 2.45) is 0 Å². The molecule has 0 radical (unpaired) electrons. The van der Waals surface area contributed by atoms with E-state index in [2.05, 4.69) is 10.00 Å². The Hall–Kier alpha value is -2.60. The highest BCUT2D eigenvalue weighted by Crippen LogP contribution is 2.21. The third-order valence-corrected chi connectivity index (χ3v) is 7.49. The van der Waals surface area contributed by atoms with Crippen LogP contribution < -0.4 is 4.74 Å². The lowest BCUT2D eigenvalue weighted by Gasteiger charge is -2.33.